The van der Waals surface area contributed by atoms with Gasteiger partial charge in [0.15, 0.2) is 5.78 Å². The van der Waals surface area contributed by atoms with E-state index in [9.17, 15) is 18.0 Å². The third-order valence-electron chi connectivity index (χ3n) is 6.04. The van der Waals surface area contributed by atoms with Crippen LogP contribution in [0.15, 0.2) is 31.0 Å². The minimum absolute atomic E-state index is 0.00307. The molecule has 0 amide bonds. The van der Waals surface area contributed by atoms with Crippen LogP contribution in [0.5, 0.6) is 11.5 Å². The molecule has 0 radical (unpaired) electrons. The van der Waals surface area contributed by atoms with E-state index in [0.29, 0.717) is 6.61 Å². The summed E-state index contributed by atoms with van der Waals surface area (Å²) < 4.78 is 56.8. The number of halogens is 5. The highest BCUT2D eigenvalue weighted by Crippen LogP contribution is 2.46. The Kier molecular flexibility index (Phi) is 8.29. The summed E-state index contributed by atoms with van der Waals surface area (Å²) in [7, 11) is 2.77. The van der Waals surface area contributed by atoms with Gasteiger partial charge in [-0.25, -0.2) is 9.97 Å². The number of carbonyl (C=O) groups is 1. The molecule has 0 bridgehead atoms. The maximum Gasteiger partial charge on any atom is 0.394 e. The number of ketones is 1. The average Bonchev–Trinajstić information content (AvgIpc) is 3.29. The van der Waals surface area contributed by atoms with Crippen molar-refractivity contribution in [3.05, 3.63) is 46.7 Å². The molecule has 0 spiro atoms. The molecular formula is C25H23Cl2F3N4O4. The molecule has 8 nitrogen and oxygen atoms in total. The van der Waals surface area contributed by atoms with E-state index >= 15 is 0 Å². The van der Waals surface area contributed by atoms with Gasteiger partial charge >= 0.3 is 6.18 Å². The number of alkyl halides is 3. The maximum atomic E-state index is 13.6. The van der Waals surface area contributed by atoms with Crippen molar-refractivity contribution in [1.82, 2.24) is 15.0 Å². The Labute approximate surface area is 226 Å². The van der Waals surface area contributed by atoms with Crippen LogP contribution in [0.25, 0.3) is 22.2 Å². The molecule has 0 unspecified atom stereocenters. The van der Waals surface area contributed by atoms with E-state index in [1.54, 1.807) is 0 Å². The molecule has 1 aliphatic heterocycles. The van der Waals surface area contributed by atoms with Gasteiger partial charge in [-0.3, -0.25) is 9.78 Å². The smallest absolute Gasteiger partial charge is 0.394 e. The third kappa shape index (κ3) is 5.95. The van der Waals surface area contributed by atoms with Gasteiger partial charge in [0.05, 0.1) is 66.8 Å². The standard InChI is InChI=1S/C25H23Cl2F3N4O4/c1-4-14(35)5-13-10-38-11-17(13)33-24-31-9-12-6-15(32-16(23(12)34-24)8-25(28,29)30)20-21(26)18(36-2)7-19(37-3)22(20)27/h4,6-7,9,13,17H,1,5,8,10-11H2,2-3H3,(H,31,33,34)/t13-,17+/m0/s1. The summed E-state index contributed by atoms with van der Waals surface area (Å²) in [6.07, 6.45) is -3.09. The number of aromatic nitrogens is 3. The Morgan fingerprint density at radius 3 is 2.47 bits per heavy atom. The second-order valence-electron chi connectivity index (χ2n) is 8.58. The molecule has 13 heteroatoms. The molecule has 2 aromatic heterocycles. The monoisotopic (exact) mass is 570 g/mol. The molecule has 1 aromatic carbocycles. The fourth-order valence-corrected chi connectivity index (χ4v) is 4.89. The number of rotatable bonds is 9. The number of hydrogen-bond donors (Lipinski definition) is 1. The first-order valence-electron chi connectivity index (χ1n) is 11.4. The SMILES string of the molecule is C=CC(=O)C[C@H]1COC[C@H]1Nc1ncc2cc(-c3c(Cl)c(OC)cc(OC)c3Cl)nc(CC(F)(F)F)c2n1. The van der Waals surface area contributed by atoms with Gasteiger partial charge in [-0.1, -0.05) is 29.8 Å². The summed E-state index contributed by atoms with van der Waals surface area (Å²) in [4.78, 5) is 24.7. The zero-order valence-electron chi connectivity index (χ0n) is 20.4. The van der Waals surface area contributed by atoms with Crippen LogP contribution in [0.2, 0.25) is 10.0 Å². The van der Waals surface area contributed by atoms with Gasteiger partial charge in [0.1, 0.15) is 11.5 Å². The number of ether oxygens (including phenoxy) is 3. The van der Waals surface area contributed by atoms with Crippen LogP contribution in [0.4, 0.5) is 19.1 Å². The molecule has 1 saturated heterocycles. The topological polar surface area (TPSA) is 95.5 Å². The highest BCUT2D eigenvalue weighted by molar-refractivity contribution is 6.41. The summed E-state index contributed by atoms with van der Waals surface area (Å²) in [6, 6.07) is 2.65. The number of hydrogen-bond acceptors (Lipinski definition) is 8. The van der Waals surface area contributed by atoms with Gasteiger partial charge in [0.25, 0.3) is 0 Å². The molecule has 3 aromatic rings. The van der Waals surface area contributed by atoms with Crippen LogP contribution in [0.1, 0.15) is 12.1 Å². The highest BCUT2D eigenvalue weighted by Gasteiger charge is 2.32. The Balaban J connectivity index is 1.80. The molecule has 4 rings (SSSR count). The van der Waals surface area contributed by atoms with Crippen molar-refractivity contribution in [3.8, 4) is 22.8 Å². The Morgan fingerprint density at radius 1 is 1.18 bits per heavy atom. The number of nitrogens with one attached hydrogen (secondary N) is 1. The summed E-state index contributed by atoms with van der Waals surface area (Å²) in [5.41, 5.74) is -0.121. The molecule has 38 heavy (non-hydrogen) atoms. The lowest BCUT2D eigenvalue weighted by molar-refractivity contribution is -0.127. The van der Waals surface area contributed by atoms with Gasteiger partial charge in [-0.15, -0.1) is 0 Å². The second-order valence-corrected chi connectivity index (χ2v) is 9.34. The van der Waals surface area contributed by atoms with Crippen molar-refractivity contribution in [2.45, 2.75) is 25.1 Å². The number of benzene rings is 1. The predicted molar refractivity (Wildman–Crippen MR) is 137 cm³/mol. The van der Waals surface area contributed by atoms with E-state index in [1.807, 2.05) is 0 Å². The number of nitrogens with zero attached hydrogens (tertiary/aromatic N) is 3. The molecule has 0 saturated carbocycles. The Hall–Kier alpha value is -3.15. The van der Waals surface area contributed by atoms with E-state index in [0.717, 1.165) is 0 Å². The minimum Gasteiger partial charge on any atom is -0.495 e. The van der Waals surface area contributed by atoms with E-state index in [-0.39, 0.29) is 86.1 Å². The van der Waals surface area contributed by atoms with Crippen molar-refractivity contribution in [2.24, 2.45) is 5.92 Å². The third-order valence-corrected chi connectivity index (χ3v) is 6.79. The Morgan fingerprint density at radius 2 is 1.87 bits per heavy atom. The summed E-state index contributed by atoms with van der Waals surface area (Å²) in [6.45, 7) is 4.12. The van der Waals surface area contributed by atoms with Crippen molar-refractivity contribution < 1.29 is 32.2 Å². The summed E-state index contributed by atoms with van der Waals surface area (Å²) in [5, 5.41) is 3.48. The lowest BCUT2D eigenvalue weighted by Crippen LogP contribution is -2.30. The van der Waals surface area contributed by atoms with E-state index in [2.05, 4.69) is 26.8 Å². The number of methoxy groups -OCH3 is 2. The van der Waals surface area contributed by atoms with Crippen molar-refractivity contribution >= 4 is 45.8 Å². The first-order valence-corrected chi connectivity index (χ1v) is 12.1. The average molecular weight is 571 g/mol. The molecule has 1 aliphatic rings. The lowest BCUT2D eigenvalue weighted by Gasteiger charge is -2.19. The zero-order chi connectivity index (χ0) is 27.6. The molecular weight excluding hydrogens is 548 g/mol. The van der Waals surface area contributed by atoms with Crippen LogP contribution in [0.3, 0.4) is 0 Å². The van der Waals surface area contributed by atoms with Crippen molar-refractivity contribution in [3.63, 3.8) is 0 Å². The van der Waals surface area contributed by atoms with Gasteiger partial charge in [-0.2, -0.15) is 13.2 Å². The van der Waals surface area contributed by atoms with Crippen LogP contribution in [-0.2, 0) is 16.0 Å². The first kappa shape index (κ1) is 27.9. The van der Waals surface area contributed by atoms with Gasteiger partial charge in [0.2, 0.25) is 5.95 Å². The molecule has 3 heterocycles. The van der Waals surface area contributed by atoms with E-state index in [1.165, 1.54) is 38.6 Å². The van der Waals surface area contributed by atoms with Crippen molar-refractivity contribution in [1.29, 1.82) is 0 Å². The molecule has 2 atom stereocenters. The van der Waals surface area contributed by atoms with E-state index < -0.39 is 12.6 Å². The highest BCUT2D eigenvalue weighted by atomic mass is 35.5. The van der Waals surface area contributed by atoms with Crippen LogP contribution in [0, 0.1) is 5.92 Å². The number of pyridine rings is 1. The molecule has 1 N–H and O–H groups in total. The lowest BCUT2D eigenvalue weighted by atomic mass is 9.97. The fraction of sp³-hybridized carbons (Fsp3) is 0.360. The van der Waals surface area contributed by atoms with Crippen LogP contribution < -0.4 is 14.8 Å². The number of anilines is 1. The van der Waals surface area contributed by atoms with Gasteiger partial charge < -0.3 is 19.5 Å². The maximum absolute atomic E-state index is 13.6. The largest absolute Gasteiger partial charge is 0.495 e. The Bertz CT molecular complexity index is 1360. The molecule has 1 fully saturated rings. The minimum atomic E-state index is -4.58. The second kappa shape index (κ2) is 11.3. The fourth-order valence-electron chi connectivity index (χ4n) is 4.19. The van der Waals surface area contributed by atoms with Gasteiger partial charge in [-0.05, 0) is 12.1 Å². The summed E-state index contributed by atoms with van der Waals surface area (Å²) >= 11 is 13.0. The molecule has 0 aliphatic carbocycles. The van der Waals surface area contributed by atoms with Crippen molar-refractivity contribution in [2.75, 3.05) is 32.8 Å². The predicted octanol–water partition coefficient (Wildman–Crippen LogP) is 5.69. The van der Waals surface area contributed by atoms with E-state index in [4.69, 9.17) is 37.4 Å². The first-order chi connectivity index (χ1) is 18.0. The molecule has 202 valence electrons. The normalized spacial score (nSPS) is 17.4. The number of fused-ring (bicyclic) bond motifs is 1. The zero-order valence-corrected chi connectivity index (χ0v) is 21.9. The van der Waals surface area contributed by atoms with Crippen LogP contribution >= 0.6 is 23.2 Å². The van der Waals surface area contributed by atoms with Gasteiger partial charge in [0, 0.05) is 35.6 Å². The number of carbonyl (C=O) groups excluding carboxylic acids is 1. The summed E-state index contributed by atoms with van der Waals surface area (Å²) in [5.74, 6) is 0.202. The quantitative estimate of drug-likeness (QED) is 0.328. The van der Waals surface area contributed by atoms with Crippen LogP contribution in [-0.4, -0.2) is 60.4 Å². The number of allylic oxidation sites excluding steroid dienone is 1.